The fourth-order valence-electron chi connectivity index (χ4n) is 0.603. The molecule has 1 rings (SSSR count). The molecular formula is C11H14Ti. The Morgan fingerprint density at radius 3 is 2.33 bits per heavy atom. The van der Waals surface area contributed by atoms with Crippen molar-refractivity contribution >= 4 is 0 Å². The van der Waals surface area contributed by atoms with Crippen molar-refractivity contribution in [3.63, 3.8) is 0 Å². The van der Waals surface area contributed by atoms with Gasteiger partial charge in [-0.05, 0) is 0 Å². The molecule has 1 aliphatic rings. The van der Waals surface area contributed by atoms with E-state index >= 15 is 0 Å². The first-order valence-electron chi connectivity index (χ1n) is 3.71. The average molecular weight is 194 g/mol. The maximum absolute atomic E-state index is 5.23. The molecule has 0 saturated carbocycles. The van der Waals surface area contributed by atoms with Crippen LogP contribution in [0.15, 0.2) is 36.0 Å². The Balaban J connectivity index is 0. The van der Waals surface area contributed by atoms with Crippen LogP contribution in [0.1, 0.15) is 20.3 Å². The average Bonchev–Trinajstić information content (AvgIpc) is 2.41. The Morgan fingerprint density at radius 2 is 2.25 bits per heavy atom. The van der Waals surface area contributed by atoms with Gasteiger partial charge in [0, 0.05) is 0 Å². The molecule has 62 valence electrons. The zero-order valence-corrected chi connectivity index (χ0v) is 9.23. The molecule has 0 N–H and O–H groups in total. The molecule has 1 aliphatic carbocycles. The van der Waals surface area contributed by atoms with Crippen molar-refractivity contribution in [1.82, 2.24) is 0 Å². The normalized spacial score (nSPS) is 12.2. The van der Waals surface area contributed by atoms with Crippen LogP contribution >= 0.6 is 0 Å². The van der Waals surface area contributed by atoms with Gasteiger partial charge in [-0.15, -0.1) is 6.42 Å². The summed E-state index contributed by atoms with van der Waals surface area (Å²) in [4.78, 5) is 0. The third-order valence-corrected chi connectivity index (χ3v) is 1.02. The number of allylic oxidation sites excluding steroid dienone is 7. The first-order valence-corrected chi connectivity index (χ1v) is 3.71. The summed E-state index contributed by atoms with van der Waals surface area (Å²) in [5, 5.41) is 0. The molecule has 0 spiro atoms. The Morgan fingerprint density at radius 1 is 1.58 bits per heavy atom. The molecule has 0 radical (unpaired) electrons. The van der Waals surface area contributed by atoms with Crippen molar-refractivity contribution in [3.05, 3.63) is 48.6 Å². The van der Waals surface area contributed by atoms with Crippen LogP contribution in [0.3, 0.4) is 0 Å². The molecule has 0 bridgehead atoms. The maximum Gasteiger partial charge on any atom is 2.00 e. The number of hydrogen-bond donors (Lipinski definition) is 0. The van der Waals surface area contributed by atoms with Crippen molar-refractivity contribution in [2.45, 2.75) is 20.3 Å². The SMILES string of the molecule is [C-]1=CC=CC1.[CH-]=C(C)C=CC.[Ti+2]. The van der Waals surface area contributed by atoms with Crippen LogP contribution in [0.5, 0.6) is 0 Å². The summed E-state index contributed by atoms with van der Waals surface area (Å²) < 4.78 is 0. The molecule has 0 nitrogen and oxygen atoms in total. The van der Waals surface area contributed by atoms with E-state index in [2.05, 4.69) is 12.2 Å². The van der Waals surface area contributed by atoms with Crippen LogP contribution in [0.2, 0.25) is 0 Å². The Kier molecular flexibility index (Phi) is 12.6. The van der Waals surface area contributed by atoms with Crippen molar-refractivity contribution in [3.8, 4) is 0 Å². The topological polar surface area (TPSA) is 0 Å². The van der Waals surface area contributed by atoms with Gasteiger partial charge in [0.15, 0.2) is 0 Å². The van der Waals surface area contributed by atoms with Crippen LogP contribution < -0.4 is 0 Å². The summed E-state index contributed by atoms with van der Waals surface area (Å²) in [6.07, 6.45) is 13.8. The molecule has 0 unspecified atom stereocenters. The Labute approximate surface area is 90.6 Å². The van der Waals surface area contributed by atoms with E-state index in [-0.39, 0.29) is 21.7 Å². The van der Waals surface area contributed by atoms with Crippen LogP contribution in [0.25, 0.3) is 0 Å². The van der Waals surface area contributed by atoms with E-state index < -0.39 is 0 Å². The summed E-state index contributed by atoms with van der Waals surface area (Å²) >= 11 is 0. The second-order valence-electron chi connectivity index (χ2n) is 2.25. The van der Waals surface area contributed by atoms with E-state index in [1.54, 1.807) is 0 Å². The fourth-order valence-corrected chi connectivity index (χ4v) is 0.603. The van der Waals surface area contributed by atoms with Gasteiger partial charge in [0.2, 0.25) is 0 Å². The minimum Gasteiger partial charge on any atom is -0.290 e. The third-order valence-electron chi connectivity index (χ3n) is 1.02. The molecule has 12 heavy (non-hydrogen) atoms. The predicted molar refractivity (Wildman–Crippen MR) is 49.9 cm³/mol. The zero-order valence-electron chi connectivity index (χ0n) is 7.67. The van der Waals surface area contributed by atoms with E-state index in [1.165, 1.54) is 0 Å². The minimum atomic E-state index is 0. The van der Waals surface area contributed by atoms with Crippen LogP contribution in [0, 0.1) is 12.7 Å². The molecule has 0 fully saturated rings. The summed E-state index contributed by atoms with van der Waals surface area (Å²) in [5.41, 5.74) is 0.859. The Hall–Kier alpha value is -0.326. The summed E-state index contributed by atoms with van der Waals surface area (Å²) in [5.74, 6) is 0. The van der Waals surface area contributed by atoms with Gasteiger partial charge in [-0.3, -0.25) is 12.7 Å². The van der Waals surface area contributed by atoms with Gasteiger partial charge in [0.1, 0.15) is 0 Å². The molecule has 0 heterocycles. The fraction of sp³-hybridized carbons (Fsp3) is 0.273. The summed E-state index contributed by atoms with van der Waals surface area (Å²) in [6, 6.07) is 0. The number of rotatable bonds is 1. The molecule has 0 aromatic carbocycles. The maximum atomic E-state index is 5.23. The van der Waals surface area contributed by atoms with Crippen LogP contribution in [0.4, 0.5) is 0 Å². The van der Waals surface area contributed by atoms with E-state index in [0.29, 0.717) is 0 Å². The Bertz CT molecular complexity index is 175. The molecule has 1 heteroatoms. The van der Waals surface area contributed by atoms with E-state index in [1.807, 2.05) is 38.2 Å². The monoisotopic (exact) mass is 194 g/mol. The van der Waals surface area contributed by atoms with Gasteiger partial charge in [-0.25, -0.2) is 23.8 Å². The van der Waals surface area contributed by atoms with Crippen LogP contribution in [-0.2, 0) is 21.7 Å². The number of hydrogen-bond acceptors (Lipinski definition) is 0. The van der Waals surface area contributed by atoms with Gasteiger partial charge in [0.05, 0.1) is 0 Å². The zero-order chi connectivity index (χ0) is 8.53. The van der Waals surface area contributed by atoms with Crippen molar-refractivity contribution in [1.29, 1.82) is 0 Å². The van der Waals surface area contributed by atoms with Gasteiger partial charge < -0.3 is 0 Å². The largest absolute Gasteiger partial charge is 2.00 e. The van der Waals surface area contributed by atoms with E-state index in [4.69, 9.17) is 6.58 Å². The van der Waals surface area contributed by atoms with E-state index in [9.17, 15) is 0 Å². The molecule has 0 aromatic rings. The van der Waals surface area contributed by atoms with Crippen molar-refractivity contribution in [2.75, 3.05) is 0 Å². The van der Waals surface area contributed by atoms with Gasteiger partial charge >= 0.3 is 21.7 Å². The summed E-state index contributed by atoms with van der Waals surface area (Å²) in [7, 11) is 0. The predicted octanol–water partition coefficient (Wildman–Crippen LogP) is 3.24. The third kappa shape index (κ3) is 12.4. The molecule has 0 aliphatic heterocycles. The smallest absolute Gasteiger partial charge is 0.290 e. The quantitative estimate of drug-likeness (QED) is 0.341. The van der Waals surface area contributed by atoms with Crippen LogP contribution in [-0.4, -0.2) is 0 Å². The van der Waals surface area contributed by atoms with Gasteiger partial charge in [0.25, 0.3) is 0 Å². The molecule has 0 saturated heterocycles. The summed E-state index contributed by atoms with van der Waals surface area (Å²) in [6.45, 7) is 9.03. The molecular weight excluding hydrogens is 180 g/mol. The first kappa shape index (κ1) is 14.2. The second kappa shape index (κ2) is 10.7. The minimum absolute atomic E-state index is 0. The van der Waals surface area contributed by atoms with Gasteiger partial charge in [-0.2, -0.15) is 12.2 Å². The van der Waals surface area contributed by atoms with Crippen molar-refractivity contribution in [2.24, 2.45) is 0 Å². The molecule has 0 atom stereocenters. The standard InChI is InChI=1S/C6H9.C5H5.Ti/c1-4-5-6(2)3;1-2-4-5-3-1;/h2,4-5H,1,3H3;1-3H,4H2;/q2*-1;+2. The van der Waals surface area contributed by atoms with E-state index in [0.717, 1.165) is 12.0 Å². The van der Waals surface area contributed by atoms with Crippen molar-refractivity contribution < 1.29 is 21.7 Å². The van der Waals surface area contributed by atoms with Gasteiger partial charge in [-0.1, -0.05) is 13.8 Å². The first-order chi connectivity index (χ1) is 5.27. The molecule has 0 amide bonds. The second-order valence-corrected chi connectivity index (χ2v) is 2.25. The molecule has 0 aromatic heterocycles.